The van der Waals surface area contributed by atoms with Crippen molar-refractivity contribution in [2.45, 2.75) is 31.9 Å². The molecule has 21 heavy (non-hydrogen) atoms. The zero-order valence-corrected chi connectivity index (χ0v) is 12.2. The van der Waals surface area contributed by atoms with Crippen LogP contribution in [0.25, 0.3) is 10.9 Å². The van der Waals surface area contributed by atoms with Crippen molar-refractivity contribution in [3.63, 3.8) is 0 Å². The number of aromatic nitrogens is 1. The third-order valence-corrected chi connectivity index (χ3v) is 3.71. The standard InChI is InChI=1S/C15H21FN2O3/c1-15(2,8-20)14-4-9-3-12(17)11(16)5-13(9)18(14)6-10(21)7-19/h3-5,10,19-21H,6-8,17H2,1-2H3. The number of benzene rings is 1. The minimum atomic E-state index is -0.963. The molecule has 1 aromatic heterocycles. The fourth-order valence-corrected chi connectivity index (χ4v) is 2.41. The molecule has 6 heteroatoms. The Morgan fingerprint density at radius 2 is 1.95 bits per heavy atom. The summed E-state index contributed by atoms with van der Waals surface area (Å²) >= 11 is 0. The van der Waals surface area contributed by atoms with Crippen molar-refractivity contribution in [2.75, 3.05) is 18.9 Å². The summed E-state index contributed by atoms with van der Waals surface area (Å²) in [5, 5.41) is 29.1. The van der Waals surface area contributed by atoms with Crippen LogP contribution < -0.4 is 5.73 Å². The minimum Gasteiger partial charge on any atom is -0.396 e. The summed E-state index contributed by atoms with van der Waals surface area (Å²) in [5.74, 6) is -0.534. The van der Waals surface area contributed by atoms with Crippen LogP contribution in [0.15, 0.2) is 18.2 Å². The molecule has 0 amide bonds. The topological polar surface area (TPSA) is 91.6 Å². The van der Waals surface area contributed by atoms with E-state index >= 15 is 0 Å². The number of hydrogen-bond acceptors (Lipinski definition) is 4. The molecule has 0 saturated carbocycles. The fraction of sp³-hybridized carbons (Fsp3) is 0.467. The minimum absolute atomic E-state index is 0.0516. The normalized spacial score (nSPS) is 13.8. The second-order valence-corrected chi connectivity index (χ2v) is 5.95. The molecule has 2 rings (SSSR count). The van der Waals surface area contributed by atoms with Gasteiger partial charge in [0.1, 0.15) is 5.82 Å². The van der Waals surface area contributed by atoms with Crippen molar-refractivity contribution in [1.82, 2.24) is 4.57 Å². The van der Waals surface area contributed by atoms with E-state index in [-0.39, 0.29) is 18.8 Å². The number of nitrogen functional groups attached to an aromatic ring is 1. The van der Waals surface area contributed by atoms with Gasteiger partial charge in [-0.1, -0.05) is 13.8 Å². The fourth-order valence-electron chi connectivity index (χ4n) is 2.41. The number of aliphatic hydroxyl groups excluding tert-OH is 3. The molecule has 0 bridgehead atoms. The lowest BCUT2D eigenvalue weighted by Gasteiger charge is -2.25. The molecule has 1 atom stereocenters. The average molecular weight is 296 g/mol. The van der Waals surface area contributed by atoms with Gasteiger partial charge in [-0.15, -0.1) is 0 Å². The Morgan fingerprint density at radius 1 is 1.29 bits per heavy atom. The third kappa shape index (κ3) is 2.88. The van der Waals surface area contributed by atoms with E-state index in [1.165, 1.54) is 12.1 Å². The number of anilines is 1. The van der Waals surface area contributed by atoms with Crippen LogP contribution in [0, 0.1) is 5.82 Å². The molecule has 1 heterocycles. The predicted molar refractivity (Wildman–Crippen MR) is 79.5 cm³/mol. The van der Waals surface area contributed by atoms with Crippen LogP contribution in [-0.2, 0) is 12.0 Å². The molecule has 116 valence electrons. The van der Waals surface area contributed by atoms with E-state index in [1.807, 2.05) is 19.9 Å². The van der Waals surface area contributed by atoms with Crippen LogP contribution in [0.4, 0.5) is 10.1 Å². The Balaban J connectivity index is 2.68. The summed E-state index contributed by atoms with van der Waals surface area (Å²) in [7, 11) is 0. The highest BCUT2D eigenvalue weighted by molar-refractivity contribution is 5.85. The van der Waals surface area contributed by atoms with Crippen LogP contribution in [0.3, 0.4) is 0 Å². The summed E-state index contributed by atoms with van der Waals surface area (Å²) in [6.45, 7) is 3.32. The first-order valence-corrected chi connectivity index (χ1v) is 6.78. The van der Waals surface area contributed by atoms with Gasteiger partial charge < -0.3 is 25.6 Å². The zero-order valence-electron chi connectivity index (χ0n) is 12.2. The molecule has 1 unspecified atom stereocenters. The number of halogens is 1. The van der Waals surface area contributed by atoms with Crippen molar-refractivity contribution in [1.29, 1.82) is 0 Å². The highest BCUT2D eigenvalue weighted by Crippen LogP contribution is 2.32. The van der Waals surface area contributed by atoms with E-state index in [0.29, 0.717) is 5.52 Å². The van der Waals surface area contributed by atoms with E-state index < -0.39 is 23.9 Å². The van der Waals surface area contributed by atoms with Crippen molar-refractivity contribution >= 4 is 16.6 Å². The Hall–Kier alpha value is -1.63. The second kappa shape index (κ2) is 5.63. The van der Waals surface area contributed by atoms with E-state index in [9.17, 15) is 14.6 Å². The summed E-state index contributed by atoms with van der Waals surface area (Å²) < 4.78 is 15.5. The number of fused-ring (bicyclic) bond motifs is 1. The van der Waals surface area contributed by atoms with E-state index in [1.54, 1.807) is 4.57 Å². The maximum atomic E-state index is 13.7. The lowest BCUT2D eigenvalue weighted by Crippen LogP contribution is -2.29. The van der Waals surface area contributed by atoms with Crippen LogP contribution in [0.5, 0.6) is 0 Å². The molecular formula is C15H21FN2O3. The Kier molecular flexibility index (Phi) is 4.22. The summed E-state index contributed by atoms with van der Waals surface area (Å²) in [5.41, 5.74) is 6.40. The number of rotatable bonds is 5. The highest BCUT2D eigenvalue weighted by atomic mass is 19.1. The second-order valence-electron chi connectivity index (χ2n) is 5.95. The molecular weight excluding hydrogens is 275 g/mol. The molecule has 0 fully saturated rings. The first-order chi connectivity index (χ1) is 9.80. The molecule has 0 aliphatic carbocycles. The van der Waals surface area contributed by atoms with Crippen LogP contribution in [0.2, 0.25) is 0 Å². The highest BCUT2D eigenvalue weighted by Gasteiger charge is 2.26. The van der Waals surface area contributed by atoms with Crippen LogP contribution >= 0.6 is 0 Å². The number of aliphatic hydroxyl groups is 3. The molecule has 0 aliphatic heterocycles. The van der Waals surface area contributed by atoms with Gasteiger partial charge in [-0.2, -0.15) is 0 Å². The van der Waals surface area contributed by atoms with Crippen LogP contribution in [-0.4, -0.2) is 39.2 Å². The van der Waals surface area contributed by atoms with E-state index in [4.69, 9.17) is 10.8 Å². The molecule has 0 spiro atoms. The van der Waals surface area contributed by atoms with Gasteiger partial charge in [-0.05, 0) is 12.1 Å². The van der Waals surface area contributed by atoms with Gasteiger partial charge >= 0.3 is 0 Å². The van der Waals surface area contributed by atoms with Gasteiger partial charge in [0.05, 0.1) is 37.1 Å². The zero-order chi connectivity index (χ0) is 15.8. The van der Waals surface area contributed by atoms with Crippen molar-refractivity contribution in [2.24, 2.45) is 0 Å². The number of nitrogens with two attached hydrogens (primary N) is 1. The molecule has 0 aliphatic rings. The van der Waals surface area contributed by atoms with E-state index in [2.05, 4.69) is 0 Å². The smallest absolute Gasteiger partial charge is 0.148 e. The molecule has 1 aromatic carbocycles. The van der Waals surface area contributed by atoms with Gasteiger partial charge in [-0.25, -0.2) is 4.39 Å². The Bertz CT molecular complexity index is 652. The van der Waals surface area contributed by atoms with Gasteiger partial charge in [0.2, 0.25) is 0 Å². The third-order valence-electron chi connectivity index (χ3n) is 3.71. The molecule has 0 saturated heterocycles. The van der Waals surface area contributed by atoms with Crippen molar-refractivity contribution < 1.29 is 19.7 Å². The summed E-state index contributed by atoms with van der Waals surface area (Å²) in [6.07, 6.45) is -0.963. The molecule has 5 nitrogen and oxygen atoms in total. The predicted octanol–water partition coefficient (Wildman–Crippen LogP) is 0.986. The van der Waals surface area contributed by atoms with Crippen LogP contribution in [0.1, 0.15) is 19.5 Å². The quantitative estimate of drug-likeness (QED) is 0.619. The van der Waals surface area contributed by atoms with Crippen molar-refractivity contribution in [3.8, 4) is 0 Å². The number of nitrogens with zero attached hydrogens (tertiary/aromatic N) is 1. The molecule has 0 radical (unpaired) electrons. The lowest BCUT2D eigenvalue weighted by molar-refractivity contribution is 0.0802. The largest absolute Gasteiger partial charge is 0.396 e. The summed E-state index contributed by atoms with van der Waals surface area (Å²) in [4.78, 5) is 0. The molecule has 2 aromatic rings. The Labute approximate surface area is 122 Å². The van der Waals surface area contributed by atoms with Crippen molar-refractivity contribution in [3.05, 3.63) is 29.7 Å². The summed E-state index contributed by atoms with van der Waals surface area (Å²) in [6, 6.07) is 4.67. The van der Waals surface area contributed by atoms with Gasteiger partial charge in [0, 0.05) is 22.6 Å². The lowest BCUT2D eigenvalue weighted by atomic mass is 9.90. The van der Waals surface area contributed by atoms with Gasteiger partial charge in [0.25, 0.3) is 0 Å². The maximum Gasteiger partial charge on any atom is 0.148 e. The SMILES string of the molecule is CC(C)(CO)c1cc2cc(N)c(F)cc2n1CC(O)CO. The average Bonchev–Trinajstić information content (AvgIpc) is 2.78. The first kappa shape index (κ1) is 15.8. The Morgan fingerprint density at radius 3 is 2.52 bits per heavy atom. The first-order valence-electron chi connectivity index (χ1n) is 6.78. The maximum absolute atomic E-state index is 13.7. The van der Waals surface area contributed by atoms with E-state index in [0.717, 1.165) is 11.1 Å². The number of hydrogen-bond donors (Lipinski definition) is 4. The molecule has 5 N–H and O–H groups in total. The van der Waals surface area contributed by atoms with Gasteiger partial charge in [-0.3, -0.25) is 0 Å². The van der Waals surface area contributed by atoms with Gasteiger partial charge in [0.15, 0.2) is 0 Å². The monoisotopic (exact) mass is 296 g/mol.